The minimum absolute atomic E-state index is 0.965. The van der Waals surface area contributed by atoms with Crippen molar-refractivity contribution in [1.29, 1.82) is 0 Å². The Balaban J connectivity index is 0.000000791. The summed E-state index contributed by atoms with van der Waals surface area (Å²) in [6.45, 7) is 8.70. The fourth-order valence-electron chi connectivity index (χ4n) is 2.20. The van der Waals surface area contributed by atoms with Crippen LogP contribution in [0.15, 0.2) is 0 Å². The number of hydrogen-bond acceptors (Lipinski definition) is 0. The molecule has 1 rings (SSSR count). The van der Waals surface area contributed by atoms with E-state index in [0.29, 0.717) is 0 Å². The molecule has 0 aromatic rings. The van der Waals surface area contributed by atoms with Crippen molar-refractivity contribution in [2.24, 2.45) is 11.8 Å². The Kier molecular flexibility index (Phi) is 9.55. The minimum Gasteiger partial charge on any atom is -0.0683 e. The summed E-state index contributed by atoms with van der Waals surface area (Å²) in [5, 5.41) is 0. The zero-order chi connectivity index (χ0) is 10.8. The summed E-state index contributed by atoms with van der Waals surface area (Å²) >= 11 is 0. The fourth-order valence-corrected chi connectivity index (χ4v) is 2.20. The Morgan fingerprint density at radius 3 is 2.14 bits per heavy atom. The van der Waals surface area contributed by atoms with Crippen LogP contribution in [0.25, 0.3) is 0 Å². The average molecular weight is 198 g/mol. The predicted molar refractivity (Wildman–Crippen MR) is 66.6 cm³/mol. The van der Waals surface area contributed by atoms with E-state index >= 15 is 0 Å². The maximum atomic E-state index is 2.39. The molecule has 0 saturated heterocycles. The third-order valence-corrected chi connectivity index (χ3v) is 3.49. The molecule has 0 nitrogen and oxygen atoms in total. The van der Waals surface area contributed by atoms with Crippen LogP contribution >= 0.6 is 0 Å². The van der Waals surface area contributed by atoms with Crippen LogP contribution in [0.5, 0.6) is 0 Å². The van der Waals surface area contributed by atoms with Crippen molar-refractivity contribution in [3.63, 3.8) is 0 Å². The first-order valence-electron chi connectivity index (χ1n) is 6.83. The van der Waals surface area contributed by atoms with Gasteiger partial charge in [0.15, 0.2) is 0 Å². The van der Waals surface area contributed by atoms with Crippen molar-refractivity contribution in [3.05, 3.63) is 0 Å². The maximum absolute atomic E-state index is 2.39. The normalized spacial score (nSPS) is 19.7. The van der Waals surface area contributed by atoms with Crippen molar-refractivity contribution >= 4 is 0 Å². The summed E-state index contributed by atoms with van der Waals surface area (Å²) in [6.07, 6.45) is 11.9. The first-order chi connectivity index (χ1) is 6.83. The van der Waals surface area contributed by atoms with Gasteiger partial charge in [-0.25, -0.2) is 0 Å². The molecule has 0 aromatic heterocycles. The molecule has 0 aromatic carbocycles. The topological polar surface area (TPSA) is 0 Å². The molecule has 1 atom stereocenters. The summed E-state index contributed by atoms with van der Waals surface area (Å²) < 4.78 is 0. The number of rotatable bonds is 4. The van der Waals surface area contributed by atoms with Crippen LogP contribution in [0.4, 0.5) is 0 Å². The van der Waals surface area contributed by atoms with E-state index in [9.17, 15) is 0 Å². The summed E-state index contributed by atoms with van der Waals surface area (Å²) in [5.74, 6) is 2.06. The van der Waals surface area contributed by atoms with E-state index in [1.807, 2.05) is 13.8 Å². The molecular formula is C14H30. The van der Waals surface area contributed by atoms with Gasteiger partial charge < -0.3 is 0 Å². The molecule has 0 amide bonds. The highest BCUT2D eigenvalue weighted by Crippen LogP contribution is 2.28. The molecule has 14 heavy (non-hydrogen) atoms. The van der Waals surface area contributed by atoms with Gasteiger partial charge >= 0.3 is 0 Å². The SMILES string of the molecule is CC.CCC(C)CCC1CCCCC1. The summed E-state index contributed by atoms with van der Waals surface area (Å²) in [5.41, 5.74) is 0. The van der Waals surface area contributed by atoms with Crippen LogP contribution in [-0.2, 0) is 0 Å². The van der Waals surface area contributed by atoms with Gasteiger partial charge in [-0.1, -0.05) is 79.1 Å². The molecule has 1 unspecified atom stereocenters. The smallest absolute Gasteiger partial charge is 0.0414 e. The summed E-state index contributed by atoms with van der Waals surface area (Å²) in [6, 6.07) is 0. The minimum atomic E-state index is 0.965. The van der Waals surface area contributed by atoms with Crippen molar-refractivity contribution < 1.29 is 0 Å². The third-order valence-electron chi connectivity index (χ3n) is 3.49. The second-order valence-corrected chi connectivity index (χ2v) is 4.59. The van der Waals surface area contributed by atoms with Crippen molar-refractivity contribution in [1.82, 2.24) is 0 Å². The van der Waals surface area contributed by atoms with Crippen molar-refractivity contribution in [2.45, 2.75) is 79.1 Å². The van der Waals surface area contributed by atoms with Crippen LogP contribution in [0, 0.1) is 11.8 Å². The highest BCUT2D eigenvalue weighted by atomic mass is 14.2. The standard InChI is InChI=1S/C12H24.C2H6/c1-3-11(2)9-10-12-7-5-4-6-8-12;1-2/h11-12H,3-10H2,1-2H3;1-2H3. The lowest BCUT2D eigenvalue weighted by Crippen LogP contribution is -2.07. The average Bonchev–Trinajstić information content (AvgIpc) is 2.30. The van der Waals surface area contributed by atoms with Gasteiger partial charge in [-0.05, 0) is 11.8 Å². The van der Waals surface area contributed by atoms with Crippen molar-refractivity contribution in [2.75, 3.05) is 0 Å². The van der Waals surface area contributed by atoms with Crippen LogP contribution in [0.2, 0.25) is 0 Å². The molecule has 0 radical (unpaired) electrons. The van der Waals surface area contributed by atoms with Crippen LogP contribution in [0.1, 0.15) is 79.1 Å². The molecule has 0 heterocycles. The monoisotopic (exact) mass is 198 g/mol. The van der Waals surface area contributed by atoms with E-state index in [1.165, 1.54) is 51.4 Å². The second kappa shape index (κ2) is 9.55. The van der Waals surface area contributed by atoms with E-state index < -0.39 is 0 Å². The second-order valence-electron chi connectivity index (χ2n) is 4.59. The largest absolute Gasteiger partial charge is 0.0683 e. The Hall–Kier alpha value is 0. The van der Waals surface area contributed by atoms with Gasteiger partial charge in [0.1, 0.15) is 0 Å². The van der Waals surface area contributed by atoms with Gasteiger partial charge in [-0.15, -0.1) is 0 Å². The lowest BCUT2D eigenvalue weighted by Gasteiger charge is -2.22. The van der Waals surface area contributed by atoms with Gasteiger partial charge in [0.25, 0.3) is 0 Å². The Morgan fingerprint density at radius 2 is 1.64 bits per heavy atom. The zero-order valence-electron chi connectivity index (χ0n) is 10.8. The molecule has 1 saturated carbocycles. The van der Waals surface area contributed by atoms with E-state index in [1.54, 1.807) is 0 Å². The molecule has 1 fully saturated rings. The molecule has 1 aliphatic rings. The molecule has 0 N–H and O–H groups in total. The van der Waals surface area contributed by atoms with Crippen LogP contribution in [0.3, 0.4) is 0 Å². The van der Waals surface area contributed by atoms with E-state index in [-0.39, 0.29) is 0 Å². The lowest BCUT2D eigenvalue weighted by molar-refractivity contribution is 0.311. The number of hydrogen-bond donors (Lipinski definition) is 0. The van der Waals surface area contributed by atoms with Crippen LogP contribution in [-0.4, -0.2) is 0 Å². The third kappa shape index (κ3) is 6.45. The zero-order valence-corrected chi connectivity index (χ0v) is 10.8. The van der Waals surface area contributed by atoms with Crippen LogP contribution < -0.4 is 0 Å². The molecule has 1 aliphatic carbocycles. The first kappa shape index (κ1) is 14.0. The van der Waals surface area contributed by atoms with Gasteiger partial charge in [0, 0.05) is 0 Å². The molecule has 86 valence electrons. The van der Waals surface area contributed by atoms with Gasteiger partial charge in [0.2, 0.25) is 0 Å². The molecular weight excluding hydrogens is 168 g/mol. The predicted octanol–water partition coefficient (Wildman–Crippen LogP) is 5.42. The highest BCUT2D eigenvalue weighted by molar-refractivity contribution is 4.66. The molecule has 0 bridgehead atoms. The Labute approximate surface area is 91.5 Å². The highest BCUT2D eigenvalue weighted by Gasteiger charge is 2.13. The van der Waals surface area contributed by atoms with Gasteiger partial charge in [-0.3, -0.25) is 0 Å². The van der Waals surface area contributed by atoms with Crippen molar-refractivity contribution in [3.8, 4) is 0 Å². The Morgan fingerprint density at radius 1 is 1.07 bits per heavy atom. The molecule has 0 aliphatic heterocycles. The summed E-state index contributed by atoms with van der Waals surface area (Å²) in [7, 11) is 0. The first-order valence-corrected chi connectivity index (χ1v) is 6.83. The quantitative estimate of drug-likeness (QED) is 0.566. The lowest BCUT2D eigenvalue weighted by atomic mass is 9.84. The molecule has 0 heteroatoms. The van der Waals surface area contributed by atoms with E-state index in [2.05, 4.69) is 13.8 Å². The fraction of sp³-hybridized carbons (Fsp3) is 1.00. The maximum Gasteiger partial charge on any atom is -0.0414 e. The molecule has 0 spiro atoms. The van der Waals surface area contributed by atoms with E-state index in [0.717, 1.165) is 11.8 Å². The van der Waals surface area contributed by atoms with E-state index in [4.69, 9.17) is 0 Å². The van der Waals surface area contributed by atoms with Gasteiger partial charge in [0.05, 0.1) is 0 Å². The summed E-state index contributed by atoms with van der Waals surface area (Å²) in [4.78, 5) is 0. The Bertz CT molecular complexity index is 101. The van der Waals surface area contributed by atoms with Gasteiger partial charge in [-0.2, -0.15) is 0 Å².